The van der Waals surface area contributed by atoms with Gasteiger partial charge in [-0.1, -0.05) is 0 Å². The summed E-state index contributed by atoms with van der Waals surface area (Å²) in [6.07, 6.45) is -0.662. The van der Waals surface area contributed by atoms with E-state index in [1.807, 2.05) is 0 Å². The van der Waals surface area contributed by atoms with Crippen LogP contribution in [0.25, 0.3) is 0 Å². The summed E-state index contributed by atoms with van der Waals surface area (Å²) in [4.78, 5) is 32.7. The molecule has 0 radical (unpaired) electrons. The number of ketones is 1. The second kappa shape index (κ2) is 6.09. The third-order valence-corrected chi connectivity index (χ3v) is 1.35. The average Bonchev–Trinajstić information content (AvgIpc) is 2.08. The third-order valence-electron chi connectivity index (χ3n) is 1.35. The van der Waals surface area contributed by atoms with Gasteiger partial charge in [0.1, 0.15) is 5.78 Å². The summed E-state index contributed by atoms with van der Waals surface area (Å²) in [5.74, 6) is -0.660. The van der Waals surface area contributed by atoms with E-state index in [0.717, 1.165) is 0 Å². The number of hydrogen-bond acceptors (Lipinski definition) is 4. The van der Waals surface area contributed by atoms with Gasteiger partial charge in [-0.25, -0.2) is 4.79 Å². The summed E-state index contributed by atoms with van der Waals surface area (Å²) < 4.78 is 4.64. The highest BCUT2D eigenvalue weighted by Gasteiger charge is 2.15. The number of hydrogen-bond donors (Lipinski definition) is 2. The first kappa shape index (κ1) is 14.4. The van der Waals surface area contributed by atoms with Gasteiger partial charge in [-0.3, -0.25) is 9.59 Å². The maximum atomic E-state index is 11.1. The number of Topliss-reactive ketones (excluding diaryl/α,β-unsaturated/α-hetero) is 1. The molecule has 0 spiro atoms. The highest BCUT2D eigenvalue weighted by atomic mass is 16.6. The van der Waals surface area contributed by atoms with Gasteiger partial charge in [0.2, 0.25) is 0 Å². The van der Waals surface area contributed by atoms with Gasteiger partial charge in [0.05, 0.1) is 6.54 Å². The minimum absolute atomic E-state index is 0.0525. The first-order valence-electron chi connectivity index (χ1n) is 4.92. The third kappa shape index (κ3) is 8.98. The summed E-state index contributed by atoms with van der Waals surface area (Å²) in [6.45, 7) is 6.30. The SMILES string of the molecule is CC(=O)CNC(=O)COC(=O)NC(C)(C)C. The molecule has 0 saturated heterocycles. The summed E-state index contributed by atoms with van der Waals surface area (Å²) in [5, 5.41) is 4.84. The van der Waals surface area contributed by atoms with E-state index in [2.05, 4.69) is 15.4 Å². The number of ether oxygens (including phenoxy) is 1. The molecule has 0 aliphatic heterocycles. The maximum Gasteiger partial charge on any atom is 0.408 e. The Balaban J connectivity index is 3.76. The molecule has 0 heterocycles. The van der Waals surface area contributed by atoms with Crippen molar-refractivity contribution < 1.29 is 19.1 Å². The summed E-state index contributed by atoms with van der Waals surface area (Å²) in [5.41, 5.74) is -0.410. The van der Waals surface area contributed by atoms with Crippen LogP contribution in [0.2, 0.25) is 0 Å². The normalized spacial score (nSPS) is 10.5. The van der Waals surface area contributed by atoms with Crippen molar-refractivity contribution in [2.24, 2.45) is 0 Å². The molecule has 0 aromatic carbocycles. The van der Waals surface area contributed by atoms with Crippen molar-refractivity contribution in [1.29, 1.82) is 0 Å². The molecule has 16 heavy (non-hydrogen) atoms. The number of carbonyl (C=O) groups excluding carboxylic acids is 3. The largest absolute Gasteiger partial charge is 0.439 e. The molecule has 0 atom stereocenters. The van der Waals surface area contributed by atoms with Crippen molar-refractivity contribution in [3.63, 3.8) is 0 Å². The van der Waals surface area contributed by atoms with Gasteiger partial charge in [0, 0.05) is 5.54 Å². The molecule has 6 heteroatoms. The lowest BCUT2D eigenvalue weighted by Crippen LogP contribution is -2.42. The Bertz CT molecular complexity index is 281. The molecule has 2 amide bonds. The Morgan fingerprint density at radius 2 is 1.75 bits per heavy atom. The van der Waals surface area contributed by atoms with Crippen LogP contribution in [0.5, 0.6) is 0 Å². The van der Waals surface area contributed by atoms with Crippen molar-refractivity contribution >= 4 is 17.8 Å². The molecule has 0 saturated carbocycles. The van der Waals surface area contributed by atoms with Crippen molar-refractivity contribution in [2.75, 3.05) is 13.2 Å². The highest BCUT2D eigenvalue weighted by Crippen LogP contribution is 1.98. The first-order chi connectivity index (χ1) is 7.20. The Kier molecular flexibility index (Phi) is 5.49. The van der Waals surface area contributed by atoms with E-state index in [4.69, 9.17) is 0 Å². The molecule has 0 bridgehead atoms. The molecule has 0 rings (SSSR count). The molecule has 0 aromatic heterocycles. The number of amides is 2. The fourth-order valence-corrected chi connectivity index (χ4v) is 0.747. The van der Waals surface area contributed by atoms with E-state index < -0.39 is 24.1 Å². The van der Waals surface area contributed by atoms with Crippen LogP contribution >= 0.6 is 0 Å². The van der Waals surface area contributed by atoms with Crippen LogP contribution in [-0.2, 0) is 14.3 Å². The lowest BCUT2D eigenvalue weighted by atomic mass is 10.1. The number of rotatable bonds is 4. The van der Waals surface area contributed by atoms with E-state index in [9.17, 15) is 14.4 Å². The smallest absolute Gasteiger partial charge is 0.408 e. The highest BCUT2D eigenvalue weighted by molar-refractivity contribution is 5.85. The summed E-state index contributed by atoms with van der Waals surface area (Å²) >= 11 is 0. The van der Waals surface area contributed by atoms with Gasteiger partial charge in [0.25, 0.3) is 5.91 Å². The van der Waals surface area contributed by atoms with Gasteiger partial charge >= 0.3 is 6.09 Å². The lowest BCUT2D eigenvalue weighted by Gasteiger charge is -2.19. The van der Waals surface area contributed by atoms with Gasteiger partial charge in [-0.05, 0) is 27.7 Å². The van der Waals surface area contributed by atoms with Gasteiger partial charge < -0.3 is 15.4 Å². The monoisotopic (exact) mass is 230 g/mol. The van der Waals surface area contributed by atoms with Crippen LogP contribution in [-0.4, -0.2) is 36.5 Å². The molecule has 2 N–H and O–H groups in total. The second-order valence-corrected chi connectivity index (χ2v) is 4.43. The molecule has 0 unspecified atom stereocenters. The van der Waals surface area contributed by atoms with Gasteiger partial charge in [-0.15, -0.1) is 0 Å². The molecule has 0 aliphatic carbocycles. The lowest BCUT2D eigenvalue weighted by molar-refractivity contribution is -0.126. The Morgan fingerprint density at radius 3 is 2.19 bits per heavy atom. The Morgan fingerprint density at radius 1 is 1.19 bits per heavy atom. The molecule has 6 nitrogen and oxygen atoms in total. The number of carbonyl (C=O) groups is 3. The zero-order valence-corrected chi connectivity index (χ0v) is 10.0. The molecular weight excluding hydrogens is 212 g/mol. The van der Waals surface area contributed by atoms with Gasteiger partial charge in [-0.2, -0.15) is 0 Å². The van der Waals surface area contributed by atoms with Crippen LogP contribution in [0.3, 0.4) is 0 Å². The minimum atomic E-state index is -0.662. The zero-order chi connectivity index (χ0) is 12.8. The summed E-state index contributed by atoms with van der Waals surface area (Å²) in [7, 11) is 0. The van der Waals surface area contributed by atoms with Crippen LogP contribution < -0.4 is 10.6 Å². The molecule has 0 aromatic rings. The Labute approximate surface area is 94.7 Å². The number of alkyl carbamates (subject to hydrolysis) is 1. The van der Waals surface area contributed by atoms with Crippen molar-refractivity contribution in [2.45, 2.75) is 33.2 Å². The molecule has 0 aliphatic rings. The standard InChI is InChI=1S/C10H18N2O4/c1-7(13)5-11-8(14)6-16-9(15)12-10(2,3)4/h5-6H2,1-4H3,(H,11,14)(H,12,15). The molecule has 92 valence electrons. The quantitative estimate of drug-likeness (QED) is 0.723. The zero-order valence-electron chi connectivity index (χ0n) is 10.0. The molecule has 0 fully saturated rings. The van der Waals surface area contributed by atoms with Crippen molar-refractivity contribution in [1.82, 2.24) is 10.6 Å². The van der Waals surface area contributed by atoms with Crippen LogP contribution in [0, 0.1) is 0 Å². The van der Waals surface area contributed by atoms with E-state index in [-0.39, 0.29) is 12.3 Å². The topological polar surface area (TPSA) is 84.5 Å². The number of nitrogens with one attached hydrogen (secondary N) is 2. The fraction of sp³-hybridized carbons (Fsp3) is 0.700. The predicted octanol–water partition coefficient (Wildman–Crippen LogP) is 0.216. The van der Waals surface area contributed by atoms with Gasteiger partial charge in [0.15, 0.2) is 6.61 Å². The predicted molar refractivity (Wildman–Crippen MR) is 57.9 cm³/mol. The maximum absolute atomic E-state index is 11.1. The molecular formula is C10H18N2O4. The van der Waals surface area contributed by atoms with Crippen LogP contribution in [0.1, 0.15) is 27.7 Å². The first-order valence-corrected chi connectivity index (χ1v) is 4.92. The van der Waals surface area contributed by atoms with E-state index in [1.165, 1.54) is 6.92 Å². The summed E-state index contributed by atoms with van der Waals surface area (Å²) in [6, 6.07) is 0. The van der Waals surface area contributed by atoms with E-state index in [1.54, 1.807) is 20.8 Å². The average molecular weight is 230 g/mol. The van der Waals surface area contributed by atoms with Crippen molar-refractivity contribution in [3.05, 3.63) is 0 Å². The minimum Gasteiger partial charge on any atom is -0.439 e. The van der Waals surface area contributed by atoms with E-state index >= 15 is 0 Å². The van der Waals surface area contributed by atoms with E-state index in [0.29, 0.717) is 0 Å². The Hall–Kier alpha value is -1.59. The second-order valence-electron chi connectivity index (χ2n) is 4.43. The van der Waals surface area contributed by atoms with Crippen LogP contribution in [0.4, 0.5) is 4.79 Å². The van der Waals surface area contributed by atoms with Crippen LogP contribution in [0.15, 0.2) is 0 Å². The fourth-order valence-electron chi connectivity index (χ4n) is 0.747. The van der Waals surface area contributed by atoms with Crippen molar-refractivity contribution in [3.8, 4) is 0 Å².